The van der Waals surface area contributed by atoms with Crippen molar-refractivity contribution in [1.82, 2.24) is 0 Å². The number of carbonyl (C=O) groups is 1. The molecule has 3 nitrogen and oxygen atoms in total. The molecule has 0 fully saturated rings. The lowest BCUT2D eigenvalue weighted by Crippen LogP contribution is -2.22. The number of rotatable bonds is 5. The third-order valence-electron chi connectivity index (χ3n) is 4.06. The maximum Gasteiger partial charge on any atom is 0.163 e. The van der Waals surface area contributed by atoms with Gasteiger partial charge >= 0.3 is 0 Å². The fourth-order valence-electron chi connectivity index (χ4n) is 2.86. The van der Waals surface area contributed by atoms with Gasteiger partial charge in [-0.15, -0.1) is 0 Å². The van der Waals surface area contributed by atoms with Gasteiger partial charge in [0.2, 0.25) is 0 Å². The van der Waals surface area contributed by atoms with Crippen LogP contribution in [0.15, 0.2) is 46.2 Å². The summed E-state index contributed by atoms with van der Waals surface area (Å²) in [6.07, 6.45) is 2.26. The highest BCUT2D eigenvalue weighted by molar-refractivity contribution is 7.99. The largest absolute Gasteiger partial charge is 0.496 e. The van der Waals surface area contributed by atoms with Crippen LogP contribution < -0.4 is 9.64 Å². The molecule has 1 aliphatic heterocycles. The molecule has 0 atom stereocenters. The van der Waals surface area contributed by atoms with Gasteiger partial charge in [-0.25, -0.2) is 0 Å². The summed E-state index contributed by atoms with van der Waals surface area (Å²) in [4.78, 5) is 16.6. The molecule has 2 aromatic carbocycles. The smallest absolute Gasteiger partial charge is 0.163 e. The summed E-state index contributed by atoms with van der Waals surface area (Å²) in [5, 5.41) is 0. The standard InChI is InChI=1S/C19H21NO2S/c1-4-5-10-20-15-8-6-7-9-18(15)23-19-11-14(13(2)21)17(22-3)12-16(19)20/h6-9,11-12H,4-5,10H2,1-3H3. The number of Topliss-reactive ketones (excluding diaryl/α,β-unsaturated/α-hetero) is 1. The van der Waals surface area contributed by atoms with E-state index in [0.29, 0.717) is 11.3 Å². The average Bonchev–Trinajstić information content (AvgIpc) is 2.57. The quantitative estimate of drug-likeness (QED) is 0.697. The molecule has 4 heteroatoms. The number of anilines is 2. The van der Waals surface area contributed by atoms with Gasteiger partial charge in [0.15, 0.2) is 5.78 Å². The second-order valence-electron chi connectivity index (χ2n) is 5.65. The van der Waals surface area contributed by atoms with Gasteiger partial charge in [-0.3, -0.25) is 4.79 Å². The molecule has 0 amide bonds. The monoisotopic (exact) mass is 327 g/mol. The second kappa shape index (κ2) is 6.67. The van der Waals surface area contributed by atoms with Crippen LogP contribution in [0.1, 0.15) is 37.0 Å². The molecular formula is C19H21NO2S. The zero-order valence-corrected chi connectivity index (χ0v) is 14.6. The van der Waals surface area contributed by atoms with Crippen molar-refractivity contribution in [3.8, 4) is 5.75 Å². The van der Waals surface area contributed by atoms with E-state index < -0.39 is 0 Å². The van der Waals surface area contributed by atoms with Crippen molar-refractivity contribution in [3.05, 3.63) is 42.0 Å². The van der Waals surface area contributed by atoms with Gasteiger partial charge in [0.05, 0.1) is 24.0 Å². The molecule has 2 aromatic rings. The van der Waals surface area contributed by atoms with E-state index in [9.17, 15) is 4.79 Å². The Labute approximate surface area is 141 Å². The number of carbonyl (C=O) groups excluding carboxylic acids is 1. The van der Waals surface area contributed by atoms with E-state index in [0.717, 1.165) is 30.0 Å². The Balaban J connectivity index is 2.14. The Morgan fingerprint density at radius 3 is 2.65 bits per heavy atom. The molecule has 0 aromatic heterocycles. The third-order valence-corrected chi connectivity index (χ3v) is 5.17. The van der Waals surface area contributed by atoms with E-state index in [1.165, 1.54) is 10.6 Å². The van der Waals surface area contributed by atoms with E-state index in [-0.39, 0.29) is 5.78 Å². The van der Waals surface area contributed by atoms with Crippen molar-refractivity contribution in [2.45, 2.75) is 36.5 Å². The van der Waals surface area contributed by atoms with Gasteiger partial charge in [-0.1, -0.05) is 37.2 Å². The topological polar surface area (TPSA) is 29.5 Å². The van der Waals surface area contributed by atoms with Crippen LogP contribution in [0.4, 0.5) is 11.4 Å². The molecule has 23 heavy (non-hydrogen) atoms. The van der Waals surface area contributed by atoms with E-state index in [1.807, 2.05) is 12.1 Å². The fourth-order valence-corrected chi connectivity index (χ4v) is 3.97. The van der Waals surface area contributed by atoms with Crippen molar-refractivity contribution in [3.63, 3.8) is 0 Å². The van der Waals surface area contributed by atoms with Crippen LogP contribution in [0.3, 0.4) is 0 Å². The first-order chi connectivity index (χ1) is 11.2. The summed E-state index contributed by atoms with van der Waals surface area (Å²) >= 11 is 1.72. The Morgan fingerprint density at radius 2 is 1.96 bits per heavy atom. The molecule has 0 saturated heterocycles. The maximum atomic E-state index is 11.9. The number of benzene rings is 2. The van der Waals surface area contributed by atoms with Crippen LogP contribution in [0.25, 0.3) is 0 Å². The number of ether oxygens (including phenoxy) is 1. The van der Waals surface area contributed by atoms with Gasteiger partial charge in [0.25, 0.3) is 0 Å². The predicted octanol–water partition coefficient (Wildman–Crippen LogP) is 5.30. The molecule has 0 spiro atoms. The number of methoxy groups -OCH3 is 1. The maximum absolute atomic E-state index is 11.9. The lowest BCUT2D eigenvalue weighted by Gasteiger charge is -2.33. The highest BCUT2D eigenvalue weighted by atomic mass is 32.2. The lowest BCUT2D eigenvalue weighted by molar-refractivity contribution is 0.101. The molecule has 0 unspecified atom stereocenters. The van der Waals surface area contributed by atoms with E-state index in [1.54, 1.807) is 25.8 Å². The van der Waals surface area contributed by atoms with Crippen LogP contribution in [-0.4, -0.2) is 19.4 Å². The molecule has 0 N–H and O–H groups in total. The zero-order valence-electron chi connectivity index (χ0n) is 13.8. The first-order valence-corrected chi connectivity index (χ1v) is 8.74. The molecule has 1 aliphatic rings. The Bertz CT molecular complexity index is 742. The Morgan fingerprint density at radius 1 is 1.17 bits per heavy atom. The number of para-hydroxylation sites is 1. The van der Waals surface area contributed by atoms with E-state index >= 15 is 0 Å². The van der Waals surface area contributed by atoms with E-state index in [4.69, 9.17) is 4.74 Å². The van der Waals surface area contributed by atoms with Crippen molar-refractivity contribution in [2.75, 3.05) is 18.6 Å². The normalized spacial score (nSPS) is 12.6. The Hall–Kier alpha value is -1.94. The SMILES string of the molecule is CCCCN1c2ccccc2Sc2cc(C(C)=O)c(OC)cc21. The van der Waals surface area contributed by atoms with E-state index in [2.05, 4.69) is 36.1 Å². The molecule has 3 rings (SSSR count). The van der Waals surface area contributed by atoms with Gasteiger partial charge in [0.1, 0.15) is 5.75 Å². The van der Waals surface area contributed by atoms with Crippen LogP contribution in [0, 0.1) is 0 Å². The predicted molar refractivity (Wildman–Crippen MR) is 95.5 cm³/mol. The molecular weight excluding hydrogens is 306 g/mol. The van der Waals surface area contributed by atoms with Gasteiger partial charge < -0.3 is 9.64 Å². The minimum absolute atomic E-state index is 0.0317. The number of fused-ring (bicyclic) bond motifs is 2. The minimum atomic E-state index is 0.0317. The second-order valence-corrected chi connectivity index (χ2v) is 6.74. The summed E-state index contributed by atoms with van der Waals surface area (Å²) in [6, 6.07) is 12.4. The first-order valence-electron chi connectivity index (χ1n) is 7.93. The fraction of sp³-hybridized carbons (Fsp3) is 0.316. The minimum Gasteiger partial charge on any atom is -0.496 e. The molecule has 0 aliphatic carbocycles. The van der Waals surface area contributed by atoms with Crippen molar-refractivity contribution < 1.29 is 9.53 Å². The summed E-state index contributed by atoms with van der Waals surface area (Å²) in [5.74, 6) is 0.682. The van der Waals surface area contributed by atoms with Gasteiger partial charge in [0, 0.05) is 22.4 Å². The number of hydrogen-bond donors (Lipinski definition) is 0. The zero-order chi connectivity index (χ0) is 16.4. The number of hydrogen-bond acceptors (Lipinski definition) is 4. The van der Waals surface area contributed by atoms with Crippen LogP contribution in [-0.2, 0) is 0 Å². The van der Waals surface area contributed by atoms with Gasteiger partial charge in [-0.2, -0.15) is 0 Å². The van der Waals surface area contributed by atoms with Crippen molar-refractivity contribution >= 4 is 28.9 Å². The van der Waals surface area contributed by atoms with Gasteiger partial charge in [-0.05, 0) is 31.5 Å². The summed E-state index contributed by atoms with van der Waals surface area (Å²) in [7, 11) is 1.62. The third kappa shape index (κ3) is 2.95. The molecule has 120 valence electrons. The summed E-state index contributed by atoms with van der Waals surface area (Å²) in [6.45, 7) is 4.75. The van der Waals surface area contributed by atoms with Crippen molar-refractivity contribution in [1.29, 1.82) is 0 Å². The summed E-state index contributed by atoms with van der Waals surface area (Å²) < 4.78 is 5.46. The molecule has 1 heterocycles. The first kappa shape index (κ1) is 15.9. The lowest BCUT2D eigenvalue weighted by atomic mass is 10.1. The highest BCUT2D eigenvalue weighted by Gasteiger charge is 2.25. The van der Waals surface area contributed by atoms with Crippen LogP contribution in [0.2, 0.25) is 0 Å². The summed E-state index contributed by atoms with van der Waals surface area (Å²) in [5.41, 5.74) is 3.01. The number of nitrogens with zero attached hydrogens (tertiary/aromatic N) is 1. The Kier molecular flexibility index (Phi) is 4.62. The van der Waals surface area contributed by atoms with Crippen LogP contribution >= 0.6 is 11.8 Å². The van der Waals surface area contributed by atoms with Crippen LogP contribution in [0.5, 0.6) is 5.75 Å². The molecule has 0 radical (unpaired) electrons. The highest BCUT2D eigenvalue weighted by Crippen LogP contribution is 2.50. The molecule has 0 saturated carbocycles. The average molecular weight is 327 g/mol. The van der Waals surface area contributed by atoms with Crippen molar-refractivity contribution in [2.24, 2.45) is 0 Å². The number of unbranched alkanes of at least 4 members (excludes halogenated alkanes) is 1. The number of ketones is 1. The molecule has 0 bridgehead atoms.